The maximum atomic E-state index is 11.9. The smallest absolute Gasteiger partial charge is 0.251 e. The number of nitrogens with one attached hydrogen (secondary N) is 3. The summed E-state index contributed by atoms with van der Waals surface area (Å²) in [6.45, 7) is 4.61. The van der Waals surface area contributed by atoms with Gasteiger partial charge in [0.25, 0.3) is 5.91 Å². The molecular weight excluding hydrogens is 452 g/mol. The maximum absolute atomic E-state index is 11.9. The number of hydrogen-bond acceptors (Lipinski definition) is 8. The summed E-state index contributed by atoms with van der Waals surface area (Å²) in [6, 6.07) is 11.0. The number of benzene rings is 1. The molecule has 2 atom stereocenters. The molecule has 0 bridgehead atoms. The van der Waals surface area contributed by atoms with Gasteiger partial charge in [0.05, 0.1) is 19.4 Å². The highest BCUT2D eigenvalue weighted by atomic mass is 32.1. The first kappa shape index (κ1) is 26.9. The number of hydrogen-bond donors (Lipinski definition) is 4. The molecule has 0 aliphatic heterocycles. The van der Waals surface area contributed by atoms with Gasteiger partial charge in [-0.15, -0.1) is 0 Å². The number of aliphatic hydroxyl groups is 1. The van der Waals surface area contributed by atoms with Crippen LogP contribution in [0.15, 0.2) is 48.9 Å². The highest BCUT2D eigenvalue weighted by molar-refractivity contribution is 7.59. The Morgan fingerprint density at radius 2 is 1.88 bits per heavy atom. The zero-order valence-electron chi connectivity index (χ0n) is 19.8. The molecule has 0 aliphatic carbocycles. The van der Waals surface area contributed by atoms with E-state index in [9.17, 15) is 4.79 Å². The predicted octanol–water partition coefficient (Wildman–Crippen LogP) is 3.03. The van der Waals surface area contributed by atoms with Gasteiger partial charge in [-0.1, -0.05) is 13.0 Å². The molecule has 0 radical (unpaired) electrons. The lowest BCUT2D eigenvalue weighted by Crippen LogP contribution is -2.19. The van der Waals surface area contributed by atoms with E-state index in [0.29, 0.717) is 29.5 Å². The molecular formula is C24H32N6O3S. The van der Waals surface area contributed by atoms with Crippen LogP contribution in [0.25, 0.3) is 11.3 Å². The second-order valence-corrected chi connectivity index (χ2v) is 7.77. The van der Waals surface area contributed by atoms with Gasteiger partial charge in [-0.25, -0.2) is 15.0 Å². The summed E-state index contributed by atoms with van der Waals surface area (Å²) in [5.74, 6) is 2.02. The fourth-order valence-electron chi connectivity index (χ4n) is 3.31. The number of methoxy groups -OCH3 is 1. The molecule has 1 aromatic carbocycles. The van der Waals surface area contributed by atoms with Crippen molar-refractivity contribution in [3.05, 3.63) is 60.0 Å². The molecule has 1 amide bonds. The van der Waals surface area contributed by atoms with Gasteiger partial charge in [0.1, 0.15) is 23.7 Å². The molecule has 10 heteroatoms. The summed E-state index contributed by atoms with van der Waals surface area (Å²) >= 11 is 0. The fraction of sp³-hybridized carbons (Fsp3) is 0.333. The zero-order chi connectivity index (χ0) is 23.8. The summed E-state index contributed by atoms with van der Waals surface area (Å²) in [4.78, 5) is 25.0. The number of nitrogens with zero attached hydrogens (tertiary/aromatic N) is 3. The largest absolute Gasteiger partial charge is 0.496 e. The predicted molar refractivity (Wildman–Crippen MR) is 139 cm³/mol. The normalized spacial score (nSPS) is 12.1. The Morgan fingerprint density at radius 1 is 1.09 bits per heavy atom. The number of ether oxygens (including phenoxy) is 1. The van der Waals surface area contributed by atoms with Crippen molar-refractivity contribution in [1.29, 1.82) is 0 Å². The van der Waals surface area contributed by atoms with Crippen LogP contribution >= 0.6 is 13.5 Å². The molecule has 3 aromatic rings. The third-order valence-corrected chi connectivity index (χ3v) is 5.24. The van der Waals surface area contributed by atoms with E-state index in [1.54, 1.807) is 32.5 Å². The quantitative estimate of drug-likeness (QED) is 0.347. The van der Waals surface area contributed by atoms with Gasteiger partial charge in [0.2, 0.25) is 0 Å². The molecule has 0 spiro atoms. The minimum absolute atomic E-state index is 0. The van der Waals surface area contributed by atoms with Gasteiger partial charge < -0.3 is 25.8 Å². The van der Waals surface area contributed by atoms with Gasteiger partial charge in [-0.2, -0.15) is 13.5 Å². The summed E-state index contributed by atoms with van der Waals surface area (Å²) in [6.07, 6.45) is 3.25. The Bertz CT molecular complexity index is 1080. The minimum Gasteiger partial charge on any atom is -0.496 e. The lowest BCUT2D eigenvalue weighted by Gasteiger charge is -2.17. The van der Waals surface area contributed by atoms with Gasteiger partial charge in [0.15, 0.2) is 0 Å². The van der Waals surface area contributed by atoms with Crippen LogP contribution in [0.3, 0.4) is 0 Å². The molecule has 182 valence electrons. The van der Waals surface area contributed by atoms with E-state index < -0.39 is 0 Å². The average molecular weight is 485 g/mol. The minimum atomic E-state index is -0.152. The van der Waals surface area contributed by atoms with E-state index in [-0.39, 0.29) is 38.0 Å². The van der Waals surface area contributed by atoms with Crippen molar-refractivity contribution in [2.75, 3.05) is 37.9 Å². The van der Waals surface area contributed by atoms with Crippen LogP contribution in [0, 0.1) is 0 Å². The summed E-state index contributed by atoms with van der Waals surface area (Å²) in [7, 11) is 3.20. The molecule has 3 rings (SSSR count). The molecule has 4 N–H and O–H groups in total. The number of aliphatic hydroxyl groups excluding tert-OH is 1. The first-order chi connectivity index (χ1) is 15.9. The van der Waals surface area contributed by atoms with E-state index in [0.717, 1.165) is 16.8 Å². The van der Waals surface area contributed by atoms with Gasteiger partial charge in [0, 0.05) is 48.9 Å². The molecule has 0 unspecified atom stereocenters. The van der Waals surface area contributed by atoms with E-state index in [2.05, 4.69) is 37.8 Å². The van der Waals surface area contributed by atoms with Crippen LogP contribution in [0.5, 0.6) is 5.75 Å². The second-order valence-electron chi connectivity index (χ2n) is 7.77. The number of rotatable bonds is 10. The Balaban J connectivity index is 0.00000408. The second kappa shape index (κ2) is 12.8. The molecule has 9 nitrogen and oxygen atoms in total. The molecule has 0 fully saturated rings. The summed E-state index contributed by atoms with van der Waals surface area (Å²) in [5.41, 5.74) is 3.17. The Kier molecular flexibility index (Phi) is 10.1. The molecule has 2 aromatic heterocycles. The lowest BCUT2D eigenvalue weighted by molar-refractivity contribution is 0.0962. The van der Waals surface area contributed by atoms with Crippen molar-refractivity contribution in [2.45, 2.75) is 25.8 Å². The number of amides is 1. The van der Waals surface area contributed by atoms with Crippen molar-refractivity contribution < 1.29 is 14.6 Å². The molecule has 0 aliphatic rings. The van der Waals surface area contributed by atoms with Crippen molar-refractivity contribution in [1.82, 2.24) is 20.3 Å². The van der Waals surface area contributed by atoms with E-state index >= 15 is 0 Å². The van der Waals surface area contributed by atoms with E-state index in [4.69, 9.17) is 9.84 Å². The molecule has 0 saturated carbocycles. The van der Waals surface area contributed by atoms with Gasteiger partial charge in [-0.05, 0) is 36.8 Å². The Labute approximate surface area is 206 Å². The maximum Gasteiger partial charge on any atom is 0.251 e. The Morgan fingerprint density at radius 3 is 2.53 bits per heavy atom. The number of anilines is 2. The topological polar surface area (TPSA) is 121 Å². The van der Waals surface area contributed by atoms with Crippen molar-refractivity contribution in [3.63, 3.8) is 0 Å². The highest BCUT2D eigenvalue weighted by Crippen LogP contribution is 2.28. The van der Waals surface area contributed by atoms with Crippen LogP contribution in [-0.4, -0.2) is 59.3 Å². The molecule has 2 heterocycles. The average Bonchev–Trinajstić information content (AvgIpc) is 2.86. The monoisotopic (exact) mass is 484 g/mol. The fourth-order valence-corrected chi connectivity index (χ4v) is 3.31. The standard InChI is InChI=1S/C24H30N6O3.H2S/c1-15(19-7-5-17(24(32)25-3)9-21(19)33-4)11-26-23-10-20(28-14-29-23)18-6-8-22(27-12-18)30-16(2)13-31;/h5-10,12,14-16,31H,11,13H2,1-4H3,(H,25,32)(H,27,30)(H,26,28,29);1H2/t15-,16+;/m1./s1. The number of aromatic nitrogens is 3. The number of carbonyl (C=O) groups excluding carboxylic acids is 1. The number of pyridine rings is 1. The highest BCUT2D eigenvalue weighted by Gasteiger charge is 2.15. The molecule has 34 heavy (non-hydrogen) atoms. The van der Waals surface area contributed by atoms with E-state index in [1.807, 2.05) is 31.2 Å². The van der Waals surface area contributed by atoms with Crippen LogP contribution in [0.1, 0.15) is 35.7 Å². The van der Waals surface area contributed by atoms with E-state index in [1.165, 1.54) is 6.33 Å². The SMILES string of the molecule is CNC(=O)c1ccc([C@H](C)CNc2cc(-c3ccc(N[C@@H](C)CO)nc3)ncn2)c(OC)c1.S. The zero-order valence-corrected chi connectivity index (χ0v) is 20.8. The third-order valence-electron chi connectivity index (χ3n) is 5.24. The Hall–Kier alpha value is -3.37. The molecule has 0 saturated heterocycles. The van der Waals surface area contributed by atoms with Crippen LogP contribution < -0.4 is 20.7 Å². The summed E-state index contributed by atoms with van der Waals surface area (Å²) in [5, 5.41) is 18.2. The van der Waals surface area contributed by atoms with Gasteiger partial charge >= 0.3 is 0 Å². The van der Waals surface area contributed by atoms with Crippen LogP contribution in [-0.2, 0) is 0 Å². The van der Waals surface area contributed by atoms with Crippen molar-refractivity contribution in [2.24, 2.45) is 0 Å². The third kappa shape index (κ3) is 6.82. The van der Waals surface area contributed by atoms with Crippen molar-refractivity contribution in [3.8, 4) is 17.0 Å². The lowest BCUT2D eigenvalue weighted by atomic mass is 9.98. The van der Waals surface area contributed by atoms with Crippen molar-refractivity contribution >= 4 is 31.0 Å². The summed E-state index contributed by atoms with van der Waals surface area (Å²) < 4.78 is 5.51. The van der Waals surface area contributed by atoms with Crippen LogP contribution in [0.4, 0.5) is 11.6 Å². The van der Waals surface area contributed by atoms with Crippen LogP contribution in [0.2, 0.25) is 0 Å². The number of carbonyl (C=O) groups is 1. The first-order valence-corrected chi connectivity index (χ1v) is 10.7. The van der Waals surface area contributed by atoms with Gasteiger partial charge in [-0.3, -0.25) is 4.79 Å². The first-order valence-electron chi connectivity index (χ1n) is 10.7.